The first kappa shape index (κ1) is 15.2. The molecule has 0 fully saturated rings. The summed E-state index contributed by atoms with van der Waals surface area (Å²) in [5.74, 6) is 0.813. The second kappa shape index (κ2) is 6.99. The van der Waals surface area contributed by atoms with Crippen LogP contribution in [0.3, 0.4) is 0 Å². The number of nitrogens with zero attached hydrogens (tertiary/aromatic N) is 1. The second-order valence-corrected chi connectivity index (χ2v) is 5.29. The van der Waals surface area contributed by atoms with Crippen LogP contribution in [0.1, 0.15) is 11.1 Å². The first-order valence-corrected chi connectivity index (χ1v) is 7.07. The molecule has 110 valence electrons. The van der Waals surface area contributed by atoms with Gasteiger partial charge in [0.15, 0.2) is 5.84 Å². The standard InChI is InChI=1S/C15H16BrN3O2/c1-21-14-6-5-10(15(17)19-20)7-11(14)9-18-13-4-2-3-12(16)8-13/h2-8,18,20H,9H2,1H3,(H2,17,19). The fourth-order valence-electron chi connectivity index (χ4n) is 1.93. The lowest BCUT2D eigenvalue weighted by Gasteiger charge is -2.12. The van der Waals surface area contributed by atoms with Gasteiger partial charge in [0, 0.05) is 27.8 Å². The molecule has 4 N–H and O–H groups in total. The van der Waals surface area contributed by atoms with Gasteiger partial charge in [-0.05, 0) is 36.4 Å². The molecule has 2 aromatic rings. The van der Waals surface area contributed by atoms with Crippen molar-refractivity contribution in [2.75, 3.05) is 12.4 Å². The van der Waals surface area contributed by atoms with Crippen molar-refractivity contribution < 1.29 is 9.94 Å². The van der Waals surface area contributed by atoms with Crippen molar-refractivity contribution in [3.63, 3.8) is 0 Å². The van der Waals surface area contributed by atoms with Crippen molar-refractivity contribution in [2.24, 2.45) is 10.9 Å². The number of rotatable bonds is 5. The topological polar surface area (TPSA) is 79.9 Å². The minimum absolute atomic E-state index is 0.0707. The largest absolute Gasteiger partial charge is 0.496 e. The SMILES string of the molecule is COc1ccc(/C(N)=N/O)cc1CNc1cccc(Br)c1. The van der Waals surface area contributed by atoms with Crippen LogP contribution in [0.5, 0.6) is 5.75 Å². The van der Waals surface area contributed by atoms with Crippen molar-refractivity contribution in [1.29, 1.82) is 0 Å². The van der Waals surface area contributed by atoms with E-state index in [2.05, 4.69) is 26.4 Å². The summed E-state index contributed by atoms with van der Waals surface area (Å²) >= 11 is 3.43. The molecule has 0 aliphatic carbocycles. The number of nitrogens with two attached hydrogens (primary N) is 1. The highest BCUT2D eigenvalue weighted by Crippen LogP contribution is 2.22. The second-order valence-electron chi connectivity index (χ2n) is 4.38. The first-order valence-electron chi connectivity index (χ1n) is 6.28. The lowest BCUT2D eigenvalue weighted by Crippen LogP contribution is -2.14. The van der Waals surface area contributed by atoms with E-state index in [1.807, 2.05) is 30.3 Å². The van der Waals surface area contributed by atoms with Crippen molar-refractivity contribution in [3.8, 4) is 5.75 Å². The van der Waals surface area contributed by atoms with Crippen molar-refractivity contribution in [2.45, 2.75) is 6.54 Å². The van der Waals surface area contributed by atoms with Crippen LogP contribution in [-0.4, -0.2) is 18.2 Å². The van der Waals surface area contributed by atoms with E-state index in [9.17, 15) is 0 Å². The van der Waals surface area contributed by atoms with E-state index in [-0.39, 0.29) is 5.84 Å². The molecule has 21 heavy (non-hydrogen) atoms. The normalized spacial score (nSPS) is 11.2. The van der Waals surface area contributed by atoms with Crippen LogP contribution in [0, 0.1) is 0 Å². The Morgan fingerprint density at radius 2 is 2.14 bits per heavy atom. The van der Waals surface area contributed by atoms with E-state index in [4.69, 9.17) is 15.7 Å². The molecule has 0 saturated carbocycles. The molecule has 5 nitrogen and oxygen atoms in total. The Morgan fingerprint density at radius 1 is 1.33 bits per heavy atom. The zero-order valence-corrected chi connectivity index (χ0v) is 13.1. The van der Waals surface area contributed by atoms with Crippen molar-refractivity contribution in [1.82, 2.24) is 0 Å². The Bertz CT molecular complexity index is 659. The average Bonchev–Trinajstić information content (AvgIpc) is 2.52. The lowest BCUT2D eigenvalue weighted by molar-refractivity contribution is 0.318. The number of hydrogen-bond donors (Lipinski definition) is 3. The molecule has 0 saturated heterocycles. The number of oxime groups is 1. The lowest BCUT2D eigenvalue weighted by atomic mass is 10.1. The molecule has 0 aliphatic rings. The summed E-state index contributed by atoms with van der Waals surface area (Å²) in [5.41, 5.74) is 8.16. The van der Waals surface area contributed by atoms with Crippen LogP contribution < -0.4 is 15.8 Å². The Labute approximate surface area is 131 Å². The van der Waals surface area contributed by atoms with E-state index in [0.717, 1.165) is 21.5 Å². The molecule has 0 heterocycles. The molecule has 6 heteroatoms. The van der Waals surface area contributed by atoms with E-state index < -0.39 is 0 Å². The number of amidine groups is 1. The third-order valence-electron chi connectivity index (χ3n) is 2.99. The Balaban J connectivity index is 2.21. The van der Waals surface area contributed by atoms with Crippen molar-refractivity contribution in [3.05, 3.63) is 58.1 Å². The number of methoxy groups -OCH3 is 1. The predicted molar refractivity (Wildman–Crippen MR) is 87.0 cm³/mol. The fourth-order valence-corrected chi connectivity index (χ4v) is 2.33. The Morgan fingerprint density at radius 3 is 2.81 bits per heavy atom. The molecule has 0 aromatic heterocycles. The number of nitrogens with one attached hydrogen (secondary N) is 1. The van der Waals surface area contributed by atoms with Gasteiger partial charge in [-0.25, -0.2) is 0 Å². The summed E-state index contributed by atoms with van der Waals surface area (Å²) in [7, 11) is 1.61. The van der Waals surface area contributed by atoms with Crippen LogP contribution in [0.4, 0.5) is 5.69 Å². The van der Waals surface area contributed by atoms with Gasteiger partial charge in [-0.1, -0.05) is 27.2 Å². The Kier molecular flexibility index (Phi) is 5.05. The molecule has 0 aliphatic heterocycles. The van der Waals surface area contributed by atoms with Crippen LogP contribution in [0.25, 0.3) is 0 Å². The van der Waals surface area contributed by atoms with Crippen LogP contribution in [0.15, 0.2) is 52.1 Å². The minimum Gasteiger partial charge on any atom is -0.496 e. The van der Waals surface area contributed by atoms with Crippen LogP contribution in [-0.2, 0) is 6.54 Å². The molecule has 0 unspecified atom stereocenters. The van der Waals surface area contributed by atoms with Gasteiger partial charge in [0.1, 0.15) is 5.75 Å². The van der Waals surface area contributed by atoms with Gasteiger partial charge in [-0.2, -0.15) is 0 Å². The zero-order valence-electron chi connectivity index (χ0n) is 11.5. The third kappa shape index (κ3) is 3.88. The summed E-state index contributed by atoms with van der Waals surface area (Å²) in [4.78, 5) is 0. The maximum Gasteiger partial charge on any atom is 0.170 e. The maximum atomic E-state index is 8.75. The monoisotopic (exact) mass is 349 g/mol. The van der Waals surface area contributed by atoms with E-state index in [0.29, 0.717) is 12.1 Å². The average molecular weight is 350 g/mol. The molecular formula is C15H16BrN3O2. The predicted octanol–water partition coefficient (Wildman–Crippen LogP) is 3.16. The van der Waals surface area contributed by atoms with Gasteiger partial charge in [0.05, 0.1) is 7.11 Å². The number of benzene rings is 2. The maximum absolute atomic E-state index is 8.75. The smallest absolute Gasteiger partial charge is 0.170 e. The molecule has 0 spiro atoms. The van der Waals surface area contributed by atoms with Gasteiger partial charge in [0.25, 0.3) is 0 Å². The van der Waals surface area contributed by atoms with Crippen molar-refractivity contribution >= 4 is 27.5 Å². The third-order valence-corrected chi connectivity index (χ3v) is 3.48. The van der Waals surface area contributed by atoms with Crippen LogP contribution >= 0.6 is 15.9 Å². The van der Waals surface area contributed by atoms with Gasteiger partial charge in [-0.15, -0.1) is 0 Å². The first-order chi connectivity index (χ1) is 10.1. The van der Waals surface area contributed by atoms with Gasteiger partial charge in [-0.3, -0.25) is 0 Å². The van der Waals surface area contributed by atoms with Crippen LogP contribution in [0.2, 0.25) is 0 Å². The summed E-state index contributed by atoms with van der Waals surface area (Å²) in [6, 6.07) is 13.3. The molecule has 2 aromatic carbocycles. The van der Waals surface area contributed by atoms with E-state index >= 15 is 0 Å². The quantitative estimate of drug-likeness (QED) is 0.335. The van der Waals surface area contributed by atoms with E-state index in [1.54, 1.807) is 19.2 Å². The fraction of sp³-hybridized carbons (Fsp3) is 0.133. The summed E-state index contributed by atoms with van der Waals surface area (Å²) in [6.45, 7) is 0.562. The molecule has 0 atom stereocenters. The molecule has 0 bridgehead atoms. The number of halogens is 1. The zero-order chi connectivity index (χ0) is 15.2. The Hall–Kier alpha value is -2.21. The summed E-state index contributed by atoms with van der Waals surface area (Å²) in [5, 5.41) is 15.1. The number of anilines is 1. The molecular weight excluding hydrogens is 334 g/mol. The van der Waals surface area contributed by atoms with Gasteiger partial charge >= 0.3 is 0 Å². The molecule has 2 rings (SSSR count). The highest BCUT2D eigenvalue weighted by atomic mass is 79.9. The number of hydrogen-bond acceptors (Lipinski definition) is 4. The highest BCUT2D eigenvalue weighted by Gasteiger charge is 2.07. The van der Waals surface area contributed by atoms with E-state index in [1.165, 1.54) is 0 Å². The summed E-state index contributed by atoms with van der Waals surface area (Å²) in [6.07, 6.45) is 0. The van der Waals surface area contributed by atoms with Gasteiger partial charge < -0.3 is 21.0 Å². The van der Waals surface area contributed by atoms with Gasteiger partial charge in [0.2, 0.25) is 0 Å². The minimum atomic E-state index is 0.0707. The number of ether oxygens (including phenoxy) is 1. The summed E-state index contributed by atoms with van der Waals surface area (Å²) < 4.78 is 6.34. The molecule has 0 amide bonds. The highest BCUT2D eigenvalue weighted by molar-refractivity contribution is 9.10. The molecule has 0 radical (unpaired) electrons.